The highest BCUT2D eigenvalue weighted by atomic mass is 79.9. The van der Waals surface area contributed by atoms with Crippen molar-refractivity contribution in [2.24, 2.45) is 25.7 Å². The number of rotatable bonds is 13. The average molecular weight is 977 g/mol. The van der Waals surface area contributed by atoms with Crippen molar-refractivity contribution in [1.82, 2.24) is 4.90 Å². The predicted molar refractivity (Wildman–Crippen MR) is 266 cm³/mol. The lowest BCUT2D eigenvalue weighted by Gasteiger charge is -2.35. The van der Waals surface area contributed by atoms with E-state index in [0.717, 1.165) is 129 Å². The van der Waals surface area contributed by atoms with E-state index in [2.05, 4.69) is 107 Å². The molecule has 2 saturated carbocycles. The molecule has 12 heteroatoms. The fourth-order valence-electron chi connectivity index (χ4n) is 8.35. The Morgan fingerprint density at radius 3 is 1.54 bits per heavy atom. The number of hydrogen-bond acceptors (Lipinski definition) is 10. The molecule has 0 spiro atoms. The zero-order valence-electron chi connectivity index (χ0n) is 34.9. The summed E-state index contributed by atoms with van der Waals surface area (Å²) in [6.45, 7) is 6.85. The fourth-order valence-corrected chi connectivity index (χ4v) is 8.81. The Balaban J connectivity index is 0.000000150. The molecule has 0 unspecified atom stereocenters. The highest BCUT2D eigenvalue weighted by Gasteiger charge is 2.53. The zero-order chi connectivity index (χ0) is 42.4. The molecule has 2 N–H and O–H groups in total. The normalized spacial score (nSPS) is 19.2. The molecular weight excluding hydrogens is 920 g/mol. The van der Waals surface area contributed by atoms with Crippen molar-refractivity contribution in [2.75, 3.05) is 63.3 Å². The van der Waals surface area contributed by atoms with Crippen LogP contribution in [0.3, 0.4) is 0 Å². The standard InChI is InChI=1S/C25H25N3O2.C21H19N3O.C4H8Br2O.CH4/c1-4-21(5-2-18(1)20-7-10-26-17-20)30-22-6-3-19-15-24(27-23(19)16-22)25(8-9-25)28-11-13-29-14-12-28;22-21(8-9-21)20-11-15-3-6-18(12-19(15)24-20)25-17-4-1-14(2-5-17)16-7-10-23-13-16;5-1-3-7-4-2-6;/h1-7,10,16H,8-9,11-15,17H2;1-7,10,12H,8-9,11,13,22H2;1-4H2;1H4. The molecule has 2 aliphatic carbocycles. The molecule has 328 valence electrons. The molecule has 11 rings (SSSR count). The summed E-state index contributed by atoms with van der Waals surface area (Å²) in [4.78, 5) is 20.9. The van der Waals surface area contributed by atoms with Gasteiger partial charge in [0.25, 0.3) is 0 Å². The Labute approximate surface area is 388 Å². The first-order valence-corrected chi connectivity index (χ1v) is 23.8. The maximum absolute atomic E-state index is 6.28. The number of nitrogens with two attached hydrogens (primary N) is 1. The minimum Gasteiger partial charge on any atom is -0.457 e. The van der Waals surface area contributed by atoms with Gasteiger partial charge in [-0.1, -0.05) is 75.7 Å². The van der Waals surface area contributed by atoms with Gasteiger partial charge in [0.15, 0.2) is 0 Å². The number of nitrogens with zero attached hydrogens (tertiary/aromatic N) is 5. The molecule has 3 fully saturated rings. The molecule has 5 heterocycles. The van der Waals surface area contributed by atoms with Crippen LogP contribution in [-0.2, 0) is 22.3 Å². The molecular formula is C51H56Br2N6O4. The lowest BCUT2D eigenvalue weighted by Crippen LogP contribution is -2.49. The van der Waals surface area contributed by atoms with E-state index in [1.165, 1.54) is 52.0 Å². The van der Waals surface area contributed by atoms with Crippen LogP contribution in [0.15, 0.2) is 117 Å². The molecule has 4 aromatic carbocycles. The summed E-state index contributed by atoms with van der Waals surface area (Å²) >= 11 is 6.48. The zero-order valence-corrected chi connectivity index (χ0v) is 38.1. The molecule has 1 saturated heterocycles. The first kappa shape index (κ1) is 45.0. The van der Waals surface area contributed by atoms with Gasteiger partial charge in [-0.25, -0.2) is 0 Å². The van der Waals surface area contributed by atoms with Gasteiger partial charge in [-0.2, -0.15) is 0 Å². The number of hydrogen-bond donors (Lipinski definition) is 1. The van der Waals surface area contributed by atoms with Gasteiger partial charge in [-0.05, 0) is 108 Å². The van der Waals surface area contributed by atoms with E-state index in [-0.39, 0.29) is 18.5 Å². The Kier molecular flexibility index (Phi) is 14.7. The Bertz CT molecular complexity index is 2420. The lowest BCUT2D eigenvalue weighted by molar-refractivity contribution is 0.0237. The highest BCUT2D eigenvalue weighted by molar-refractivity contribution is 9.09. The number of fused-ring (bicyclic) bond motifs is 2. The monoisotopic (exact) mass is 974 g/mol. The van der Waals surface area contributed by atoms with Gasteiger partial charge in [0.2, 0.25) is 0 Å². The van der Waals surface area contributed by atoms with E-state index < -0.39 is 0 Å². The predicted octanol–water partition coefficient (Wildman–Crippen LogP) is 10.9. The van der Waals surface area contributed by atoms with E-state index in [1.54, 1.807) is 0 Å². The molecule has 10 nitrogen and oxygen atoms in total. The van der Waals surface area contributed by atoms with Crippen LogP contribution in [0.2, 0.25) is 0 Å². The van der Waals surface area contributed by atoms with E-state index in [0.29, 0.717) is 0 Å². The van der Waals surface area contributed by atoms with Gasteiger partial charge in [0.1, 0.15) is 23.0 Å². The summed E-state index contributed by atoms with van der Waals surface area (Å²) < 4.78 is 22.7. The first-order chi connectivity index (χ1) is 30.4. The summed E-state index contributed by atoms with van der Waals surface area (Å²) in [6, 6.07) is 28.8. The summed E-state index contributed by atoms with van der Waals surface area (Å²) in [7, 11) is 0. The van der Waals surface area contributed by atoms with Crippen LogP contribution in [-0.4, -0.2) is 103 Å². The third-order valence-electron chi connectivity index (χ3n) is 12.2. The van der Waals surface area contributed by atoms with Gasteiger partial charge in [0.05, 0.1) is 62.0 Å². The second-order valence-corrected chi connectivity index (χ2v) is 18.0. The second-order valence-electron chi connectivity index (χ2n) is 16.4. The van der Waals surface area contributed by atoms with Crippen molar-refractivity contribution in [2.45, 2.75) is 57.0 Å². The molecule has 4 aromatic rings. The highest BCUT2D eigenvalue weighted by Crippen LogP contribution is 2.48. The van der Waals surface area contributed by atoms with E-state index in [9.17, 15) is 0 Å². The molecule has 7 aliphatic rings. The largest absolute Gasteiger partial charge is 0.457 e. The number of aliphatic imine (C=N–C) groups is 4. The maximum atomic E-state index is 6.28. The first-order valence-electron chi connectivity index (χ1n) is 21.6. The van der Waals surface area contributed by atoms with E-state index in [4.69, 9.17) is 34.7 Å². The van der Waals surface area contributed by atoms with Crippen LogP contribution in [0.25, 0.3) is 11.1 Å². The fraction of sp³-hybridized carbons (Fsp3) is 0.373. The minimum absolute atomic E-state index is 0. The SMILES string of the molecule is BrCCOCCBr.C.C1=NCC(c2ccc(Oc3ccc4c(c3)N=C(C3(N5CCOCC5)CC3)C4)cc2)=C1.NC1(C2=Nc3cc(Oc4ccc(C5=CC=NC5)cc4)ccc3C2)CC1. The van der Waals surface area contributed by atoms with Crippen molar-refractivity contribution in [3.8, 4) is 23.0 Å². The van der Waals surface area contributed by atoms with Gasteiger partial charge < -0.3 is 24.7 Å². The van der Waals surface area contributed by atoms with Crippen molar-refractivity contribution < 1.29 is 18.9 Å². The molecule has 0 atom stereocenters. The smallest absolute Gasteiger partial charge is 0.129 e. The number of allylic oxidation sites excluding steroid dienone is 2. The summed E-state index contributed by atoms with van der Waals surface area (Å²) in [5.41, 5.74) is 18.2. The Hall–Kier alpha value is -4.56. The van der Waals surface area contributed by atoms with Crippen molar-refractivity contribution in [3.05, 3.63) is 119 Å². The molecule has 5 aliphatic heterocycles. The van der Waals surface area contributed by atoms with Gasteiger partial charge in [0, 0.05) is 72.6 Å². The van der Waals surface area contributed by atoms with E-state index >= 15 is 0 Å². The molecule has 0 amide bonds. The quantitative estimate of drug-likeness (QED) is 0.105. The van der Waals surface area contributed by atoms with Crippen LogP contribution in [0.4, 0.5) is 11.4 Å². The number of ether oxygens (including phenoxy) is 4. The third kappa shape index (κ3) is 10.9. The van der Waals surface area contributed by atoms with Crippen LogP contribution in [0.1, 0.15) is 55.4 Å². The third-order valence-corrected chi connectivity index (χ3v) is 12.9. The molecule has 0 bridgehead atoms. The summed E-state index contributed by atoms with van der Waals surface area (Å²) in [5, 5.41) is 1.86. The van der Waals surface area contributed by atoms with Crippen LogP contribution in [0.5, 0.6) is 23.0 Å². The second kappa shape index (κ2) is 20.5. The van der Waals surface area contributed by atoms with E-state index in [1.807, 2.05) is 48.8 Å². The summed E-state index contributed by atoms with van der Waals surface area (Å²) in [6.07, 6.45) is 14.2. The van der Waals surface area contributed by atoms with Crippen molar-refractivity contribution in [3.63, 3.8) is 0 Å². The number of halogens is 2. The van der Waals surface area contributed by atoms with Crippen molar-refractivity contribution in [1.29, 1.82) is 0 Å². The Morgan fingerprint density at radius 1 is 0.619 bits per heavy atom. The van der Waals surface area contributed by atoms with Crippen LogP contribution >= 0.6 is 31.9 Å². The molecule has 0 aromatic heterocycles. The maximum Gasteiger partial charge on any atom is 0.129 e. The number of morpholine rings is 1. The Morgan fingerprint density at radius 2 is 1.10 bits per heavy atom. The molecule has 0 radical (unpaired) electrons. The lowest BCUT2D eigenvalue weighted by atomic mass is 10.0. The number of alkyl halides is 2. The topological polar surface area (TPSA) is 116 Å². The average Bonchev–Trinajstić information content (AvgIpc) is 3.83. The van der Waals surface area contributed by atoms with Gasteiger partial charge >= 0.3 is 0 Å². The van der Waals surface area contributed by atoms with Crippen molar-refractivity contribution >= 4 is 78.2 Å². The molecule has 63 heavy (non-hydrogen) atoms. The van der Waals surface area contributed by atoms with Gasteiger partial charge in [-0.15, -0.1) is 0 Å². The van der Waals surface area contributed by atoms with Crippen LogP contribution < -0.4 is 15.2 Å². The number of benzene rings is 4. The van der Waals surface area contributed by atoms with Gasteiger partial charge in [-0.3, -0.25) is 24.9 Å². The van der Waals surface area contributed by atoms with Crippen LogP contribution in [0, 0.1) is 0 Å². The summed E-state index contributed by atoms with van der Waals surface area (Å²) in [5.74, 6) is 3.31. The minimum atomic E-state index is -0.144.